The molecule has 2 aromatic rings. The minimum Gasteiger partial charge on any atom is -0.361 e. The maximum atomic E-state index is 3.56. The molecule has 21 heavy (non-hydrogen) atoms. The molecule has 3 heteroatoms. The molecule has 112 valence electrons. The van der Waals surface area contributed by atoms with Crippen molar-refractivity contribution in [3.05, 3.63) is 36.0 Å². The van der Waals surface area contributed by atoms with Gasteiger partial charge in [0.05, 0.1) is 0 Å². The minimum absolute atomic E-state index is 0.834. The van der Waals surface area contributed by atoms with E-state index >= 15 is 0 Å². The van der Waals surface area contributed by atoms with E-state index in [9.17, 15) is 0 Å². The van der Waals surface area contributed by atoms with Gasteiger partial charge in [0.15, 0.2) is 0 Å². The summed E-state index contributed by atoms with van der Waals surface area (Å²) in [4.78, 5) is 6.15. The monoisotopic (exact) mass is 283 g/mol. The van der Waals surface area contributed by atoms with Crippen molar-refractivity contribution in [1.82, 2.24) is 15.2 Å². The van der Waals surface area contributed by atoms with Gasteiger partial charge < -0.3 is 10.3 Å². The van der Waals surface area contributed by atoms with Gasteiger partial charge in [-0.2, -0.15) is 0 Å². The van der Waals surface area contributed by atoms with Crippen molar-refractivity contribution in [2.75, 3.05) is 19.6 Å². The number of hydrogen-bond acceptors (Lipinski definition) is 2. The van der Waals surface area contributed by atoms with E-state index in [1.807, 2.05) is 0 Å². The molecule has 0 spiro atoms. The van der Waals surface area contributed by atoms with E-state index in [0.29, 0.717) is 0 Å². The Balaban J connectivity index is 1.49. The molecule has 1 aromatic heterocycles. The summed E-state index contributed by atoms with van der Waals surface area (Å²) in [6.07, 6.45) is 7.73. The van der Waals surface area contributed by atoms with Gasteiger partial charge in [0.2, 0.25) is 0 Å². The van der Waals surface area contributed by atoms with Crippen LogP contribution in [0.2, 0.25) is 0 Å². The Morgan fingerprint density at radius 2 is 2.05 bits per heavy atom. The molecule has 2 fully saturated rings. The molecule has 0 radical (unpaired) electrons. The normalized spacial score (nSPS) is 23.0. The van der Waals surface area contributed by atoms with Crippen molar-refractivity contribution in [3.8, 4) is 0 Å². The Bertz CT molecular complexity index is 593. The average molecular weight is 283 g/mol. The van der Waals surface area contributed by atoms with Gasteiger partial charge in [-0.25, -0.2) is 0 Å². The summed E-state index contributed by atoms with van der Waals surface area (Å²) < 4.78 is 0. The number of fused-ring (bicyclic) bond motifs is 1. The van der Waals surface area contributed by atoms with E-state index in [2.05, 4.69) is 45.7 Å². The Labute approximate surface area is 126 Å². The van der Waals surface area contributed by atoms with Crippen LogP contribution >= 0.6 is 0 Å². The van der Waals surface area contributed by atoms with E-state index < -0.39 is 0 Å². The maximum Gasteiger partial charge on any atom is 0.0457 e. The Morgan fingerprint density at radius 3 is 2.86 bits per heavy atom. The third-order valence-electron chi connectivity index (χ3n) is 5.00. The number of nitrogens with one attached hydrogen (secondary N) is 2. The number of aromatic nitrogens is 1. The van der Waals surface area contributed by atoms with Gasteiger partial charge in [0.1, 0.15) is 0 Å². The molecule has 0 bridgehead atoms. The summed E-state index contributed by atoms with van der Waals surface area (Å²) >= 11 is 0. The van der Waals surface area contributed by atoms with Gasteiger partial charge in [-0.3, -0.25) is 4.90 Å². The summed E-state index contributed by atoms with van der Waals surface area (Å²) in [6, 6.07) is 9.50. The predicted molar refractivity (Wildman–Crippen MR) is 87.3 cm³/mol. The van der Waals surface area contributed by atoms with E-state index in [0.717, 1.165) is 18.5 Å². The number of rotatable bonds is 5. The van der Waals surface area contributed by atoms with Crippen LogP contribution in [0.1, 0.15) is 31.2 Å². The molecule has 2 heterocycles. The molecule has 4 rings (SSSR count). The first-order valence-corrected chi connectivity index (χ1v) is 8.40. The molecule has 2 N–H and O–H groups in total. The van der Waals surface area contributed by atoms with E-state index in [1.54, 1.807) is 0 Å². The largest absolute Gasteiger partial charge is 0.361 e. The number of nitrogens with zero attached hydrogens (tertiary/aromatic N) is 1. The maximum absolute atomic E-state index is 3.56. The smallest absolute Gasteiger partial charge is 0.0457 e. The van der Waals surface area contributed by atoms with Crippen LogP contribution in [0.3, 0.4) is 0 Å². The number of hydrogen-bond donors (Lipinski definition) is 2. The zero-order valence-corrected chi connectivity index (χ0v) is 12.6. The standard InChI is InChI=1S/C18H25N3/c1-2-6-18-17(5-1)15(11-20-18)13-21(16-7-8-16)12-14-4-3-9-19-10-14/h1-2,5-6,11,14,16,19-20H,3-4,7-10,12-13H2. The molecule has 2 aliphatic rings. The first-order chi connectivity index (χ1) is 10.4. The molecule has 1 unspecified atom stereocenters. The van der Waals surface area contributed by atoms with Crippen molar-refractivity contribution < 1.29 is 0 Å². The van der Waals surface area contributed by atoms with Crippen molar-refractivity contribution in [3.63, 3.8) is 0 Å². The van der Waals surface area contributed by atoms with Crippen LogP contribution in [-0.4, -0.2) is 35.6 Å². The topological polar surface area (TPSA) is 31.1 Å². The van der Waals surface area contributed by atoms with Crippen LogP contribution < -0.4 is 5.32 Å². The fourth-order valence-corrected chi connectivity index (χ4v) is 3.68. The van der Waals surface area contributed by atoms with Crippen molar-refractivity contribution in [2.45, 2.75) is 38.3 Å². The molecule has 1 aliphatic heterocycles. The summed E-state index contributed by atoms with van der Waals surface area (Å²) in [6.45, 7) is 4.78. The second-order valence-corrected chi connectivity index (χ2v) is 6.73. The summed E-state index contributed by atoms with van der Waals surface area (Å²) in [5.41, 5.74) is 2.73. The highest BCUT2D eigenvalue weighted by molar-refractivity contribution is 5.82. The quantitative estimate of drug-likeness (QED) is 0.883. The Morgan fingerprint density at radius 1 is 1.14 bits per heavy atom. The molecule has 3 nitrogen and oxygen atoms in total. The van der Waals surface area contributed by atoms with Gasteiger partial charge in [0, 0.05) is 36.2 Å². The number of piperidine rings is 1. The number of para-hydroxylation sites is 1. The number of benzene rings is 1. The number of aromatic amines is 1. The molecule has 1 atom stereocenters. The van der Waals surface area contributed by atoms with Crippen LogP contribution in [0.15, 0.2) is 30.5 Å². The van der Waals surface area contributed by atoms with Crippen molar-refractivity contribution >= 4 is 10.9 Å². The summed E-state index contributed by atoms with van der Waals surface area (Å²) in [7, 11) is 0. The lowest BCUT2D eigenvalue weighted by Crippen LogP contribution is -2.39. The average Bonchev–Trinajstić information content (AvgIpc) is 3.30. The third kappa shape index (κ3) is 2.99. The molecular formula is C18H25N3. The van der Waals surface area contributed by atoms with E-state index in [4.69, 9.17) is 0 Å². The van der Waals surface area contributed by atoms with E-state index in [-0.39, 0.29) is 0 Å². The lowest BCUT2D eigenvalue weighted by molar-refractivity contribution is 0.193. The molecular weight excluding hydrogens is 258 g/mol. The molecule has 1 aromatic carbocycles. The van der Waals surface area contributed by atoms with Crippen LogP contribution in [0.4, 0.5) is 0 Å². The lowest BCUT2D eigenvalue weighted by atomic mass is 9.98. The Kier molecular flexibility index (Phi) is 3.70. The van der Waals surface area contributed by atoms with Crippen LogP contribution in [0, 0.1) is 5.92 Å². The lowest BCUT2D eigenvalue weighted by Gasteiger charge is -2.30. The zero-order chi connectivity index (χ0) is 14.1. The summed E-state index contributed by atoms with van der Waals surface area (Å²) in [5.74, 6) is 0.838. The van der Waals surface area contributed by atoms with Crippen molar-refractivity contribution in [2.24, 2.45) is 5.92 Å². The van der Waals surface area contributed by atoms with Crippen LogP contribution in [0.5, 0.6) is 0 Å². The molecule has 1 aliphatic carbocycles. The summed E-state index contributed by atoms with van der Waals surface area (Å²) in [5, 5.41) is 4.95. The van der Waals surface area contributed by atoms with Gasteiger partial charge in [-0.05, 0) is 56.3 Å². The Hall–Kier alpha value is -1.32. The molecule has 1 saturated carbocycles. The fourth-order valence-electron chi connectivity index (χ4n) is 3.68. The van der Waals surface area contributed by atoms with Gasteiger partial charge in [-0.1, -0.05) is 18.2 Å². The van der Waals surface area contributed by atoms with E-state index in [1.165, 1.54) is 61.8 Å². The van der Waals surface area contributed by atoms with Crippen molar-refractivity contribution in [1.29, 1.82) is 0 Å². The fraction of sp³-hybridized carbons (Fsp3) is 0.556. The first-order valence-electron chi connectivity index (χ1n) is 8.40. The predicted octanol–water partition coefficient (Wildman–Crippen LogP) is 3.13. The molecule has 1 saturated heterocycles. The highest BCUT2D eigenvalue weighted by atomic mass is 15.2. The SMILES string of the molecule is c1ccc2c(CN(CC3CCCNC3)C3CC3)c[nH]c2c1. The second-order valence-electron chi connectivity index (χ2n) is 6.73. The third-order valence-corrected chi connectivity index (χ3v) is 5.00. The highest BCUT2D eigenvalue weighted by Crippen LogP contribution is 2.31. The van der Waals surface area contributed by atoms with Gasteiger partial charge >= 0.3 is 0 Å². The number of H-pyrrole nitrogens is 1. The minimum atomic E-state index is 0.834. The first kappa shape index (κ1) is 13.4. The highest BCUT2D eigenvalue weighted by Gasteiger charge is 2.31. The second kappa shape index (κ2) is 5.82. The van der Waals surface area contributed by atoms with Gasteiger partial charge in [-0.15, -0.1) is 0 Å². The zero-order valence-electron chi connectivity index (χ0n) is 12.6. The van der Waals surface area contributed by atoms with Crippen LogP contribution in [-0.2, 0) is 6.54 Å². The molecule has 0 amide bonds. The van der Waals surface area contributed by atoms with Gasteiger partial charge in [0.25, 0.3) is 0 Å². The van der Waals surface area contributed by atoms with Crippen LogP contribution in [0.25, 0.3) is 10.9 Å².